The van der Waals surface area contributed by atoms with Crippen LogP contribution < -0.4 is 10.6 Å². The van der Waals surface area contributed by atoms with Gasteiger partial charge in [-0.25, -0.2) is 27.9 Å². The summed E-state index contributed by atoms with van der Waals surface area (Å²) >= 11 is 0. The molecule has 0 aliphatic heterocycles. The third-order valence-electron chi connectivity index (χ3n) is 7.64. The predicted molar refractivity (Wildman–Crippen MR) is 133 cm³/mol. The molecule has 3 heterocycles. The Morgan fingerprint density at radius 1 is 1.26 bits per heavy atom. The number of carbonyl (C=O) groups excluding carboxylic acids is 1. The Bertz CT molecular complexity index is 1420. The van der Waals surface area contributed by atoms with Crippen LogP contribution in [0.2, 0.25) is 0 Å². The largest absolute Gasteiger partial charge is 0.471 e. The van der Waals surface area contributed by atoms with Crippen LogP contribution in [-0.2, 0) is 31.9 Å². The minimum Gasteiger partial charge on any atom is -0.443 e. The Morgan fingerprint density at radius 3 is 2.74 bits per heavy atom. The van der Waals surface area contributed by atoms with E-state index < -0.39 is 38.8 Å². The van der Waals surface area contributed by atoms with Crippen LogP contribution in [0.25, 0.3) is 5.52 Å². The highest BCUT2D eigenvalue weighted by Gasteiger charge is 2.58. The van der Waals surface area contributed by atoms with E-state index in [1.54, 1.807) is 30.0 Å². The average Bonchev–Trinajstić information content (AvgIpc) is 3.51. The minimum atomic E-state index is -4.80. The van der Waals surface area contributed by atoms with Gasteiger partial charge in [0.1, 0.15) is 23.6 Å². The maximum atomic E-state index is 14.9. The Hall–Kier alpha value is -3.10. The van der Waals surface area contributed by atoms with Crippen molar-refractivity contribution >= 4 is 31.1 Å². The lowest BCUT2D eigenvalue weighted by atomic mass is 9.50. The number of alkyl halides is 1. The van der Waals surface area contributed by atoms with Gasteiger partial charge in [-0.15, -0.1) is 0 Å². The number of hydrogen-bond acceptors (Lipinski definition) is 9. The summed E-state index contributed by atoms with van der Waals surface area (Å²) in [5.41, 5.74) is 1.60. The first-order chi connectivity index (χ1) is 18.6. The second-order valence-electron chi connectivity index (χ2n) is 10.5. The van der Waals surface area contributed by atoms with Crippen molar-refractivity contribution in [1.29, 1.82) is 0 Å². The number of anilines is 2. The van der Waals surface area contributed by atoms with Crippen molar-refractivity contribution < 1.29 is 37.5 Å². The first-order valence-electron chi connectivity index (χ1n) is 12.6. The van der Waals surface area contributed by atoms with Crippen molar-refractivity contribution in [2.75, 3.05) is 12.4 Å². The number of phosphoric ester groups is 1. The van der Waals surface area contributed by atoms with E-state index in [0.717, 1.165) is 19.3 Å². The van der Waals surface area contributed by atoms with Gasteiger partial charge in [-0.2, -0.15) is 10.2 Å². The molecule has 4 N–H and O–H groups in total. The quantitative estimate of drug-likeness (QED) is 0.266. The predicted octanol–water partition coefficient (Wildman–Crippen LogP) is 2.75. The molecule has 0 aromatic carbocycles. The van der Waals surface area contributed by atoms with Crippen molar-refractivity contribution in [3.05, 3.63) is 35.9 Å². The number of amides is 1. The summed E-state index contributed by atoms with van der Waals surface area (Å²) in [5.74, 6) is 1.01. The molecule has 2 bridgehead atoms. The number of carbonyl (C=O) groups is 1. The normalized spacial score (nSPS) is 27.7. The number of alkyl carbamates (subject to hydrolysis) is 1. The molecule has 7 rings (SSSR count). The van der Waals surface area contributed by atoms with Crippen LogP contribution in [0.1, 0.15) is 49.4 Å². The molecule has 14 nitrogen and oxygen atoms in total. The molecule has 3 atom stereocenters. The van der Waals surface area contributed by atoms with Crippen molar-refractivity contribution in [3.63, 3.8) is 0 Å². The van der Waals surface area contributed by atoms with E-state index in [2.05, 4.69) is 30.3 Å². The summed E-state index contributed by atoms with van der Waals surface area (Å²) < 4.78 is 44.4. The third kappa shape index (κ3) is 5.37. The summed E-state index contributed by atoms with van der Waals surface area (Å²) in [6.45, 7) is -0.269. The van der Waals surface area contributed by atoms with Gasteiger partial charge in [-0.3, -0.25) is 4.52 Å². The number of methoxy groups -OCH3 is 1. The number of hydrogen-bond donors (Lipinski definition) is 4. The molecule has 16 heteroatoms. The van der Waals surface area contributed by atoms with Gasteiger partial charge in [0.25, 0.3) is 0 Å². The first-order valence-corrected chi connectivity index (χ1v) is 14.1. The van der Waals surface area contributed by atoms with Gasteiger partial charge in [-0.05, 0) is 44.1 Å². The lowest BCUT2D eigenvalue weighted by Gasteiger charge is -2.61. The number of aromatic nitrogens is 5. The van der Waals surface area contributed by atoms with E-state index in [0.29, 0.717) is 41.1 Å². The van der Waals surface area contributed by atoms with Gasteiger partial charge >= 0.3 is 13.9 Å². The molecule has 4 aliphatic rings. The first kappa shape index (κ1) is 26.1. The number of rotatable bonds is 10. The molecule has 4 fully saturated rings. The van der Waals surface area contributed by atoms with Gasteiger partial charge in [0, 0.05) is 37.0 Å². The minimum absolute atomic E-state index is 0.0812. The van der Waals surface area contributed by atoms with Crippen LogP contribution in [0.4, 0.5) is 20.8 Å². The van der Waals surface area contributed by atoms with Crippen molar-refractivity contribution in [3.8, 4) is 0 Å². The van der Waals surface area contributed by atoms with Crippen LogP contribution in [0, 0.1) is 5.92 Å². The molecule has 3 aromatic rings. The van der Waals surface area contributed by atoms with Crippen LogP contribution in [0.5, 0.6) is 0 Å². The average molecular weight is 565 g/mol. The fraction of sp³-hybridized carbons (Fsp3) is 0.565. The van der Waals surface area contributed by atoms with E-state index >= 15 is 0 Å². The highest BCUT2D eigenvalue weighted by atomic mass is 31.2. The fourth-order valence-electron chi connectivity index (χ4n) is 5.70. The molecule has 0 unspecified atom stereocenters. The smallest absolute Gasteiger partial charge is 0.443 e. The Kier molecular flexibility index (Phi) is 6.58. The van der Waals surface area contributed by atoms with Gasteiger partial charge in [0.15, 0.2) is 12.5 Å². The Morgan fingerprint density at radius 2 is 2.05 bits per heavy atom. The van der Waals surface area contributed by atoms with Crippen LogP contribution >= 0.6 is 7.82 Å². The van der Waals surface area contributed by atoms with Crippen molar-refractivity contribution in [2.45, 2.75) is 69.2 Å². The summed E-state index contributed by atoms with van der Waals surface area (Å²) in [4.78, 5) is 35.2. The number of phosphoric acid groups is 1. The molecule has 39 heavy (non-hydrogen) atoms. The molecular weight excluding hydrogens is 536 g/mol. The van der Waals surface area contributed by atoms with E-state index in [-0.39, 0.29) is 18.4 Å². The number of fused-ring (bicyclic) bond motifs is 1. The van der Waals surface area contributed by atoms with Gasteiger partial charge in [0.2, 0.25) is 0 Å². The summed E-state index contributed by atoms with van der Waals surface area (Å²) in [7, 11) is -3.24. The lowest BCUT2D eigenvalue weighted by molar-refractivity contribution is -0.0530. The number of nitrogens with zero attached hydrogens (tertiary/aromatic N) is 5. The lowest BCUT2D eigenvalue weighted by Crippen LogP contribution is -2.68. The SMILES string of the molecule is COCc1cc2c(Nc3cc([C@H]4C[C@@H](F)[C@@H](OC(=O)NC56CC(C5)C6)C4)nn3COP(=O)(O)O)nccn2n1. The number of nitrogens with one attached hydrogen (secondary N) is 2. The van der Waals surface area contributed by atoms with E-state index in [1.165, 1.54) is 10.9 Å². The topological polar surface area (TPSA) is 174 Å². The summed E-state index contributed by atoms with van der Waals surface area (Å²) in [6, 6.07) is 3.43. The number of ether oxygens (including phenoxy) is 2. The molecule has 4 saturated carbocycles. The zero-order chi connectivity index (χ0) is 27.4. The molecule has 0 saturated heterocycles. The second kappa shape index (κ2) is 9.82. The van der Waals surface area contributed by atoms with Gasteiger partial charge < -0.3 is 29.9 Å². The maximum absolute atomic E-state index is 14.9. The van der Waals surface area contributed by atoms with Crippen LogP contribution in [0.3, 0.4) is 0 Å². The number of halogens is 1. The molecule has 3 aromatic heterocycles. The standard InChI is InChI=1S/C23H29FN7O7P/c1-36-11-15-6-18-21(25-2-3-30(18)28-15)26-20-7-17(29-31(20)12-37-39(33,34)35)14-4-16(24)19(5-14)38-22(32)27-23-8-13(9-23)10-23/h2-3,6-7,13-14,16,19H,4-5,8-12H2,1H3,(H,25,26)(H,27,32)(H2,33,34,35)/t13?,14-,16+,19-,23?/m0/s1. The van der Waals surface area contributed by atoms with E-state index in [1.807, 2.05) is 0 Å². The maximum Gasteiger partial charge on any atom is 0.471 e. The summed E-state index contributed by atoms with van der Waals surface area (Å²) in [5, 5.41) is 14.8. The zero-order valence-electron chi connectivity index (χ0n) is 21.1. The van der Waals surface area contributed by atoms with Crippen LogP contribution in [-0.4, -0.2) is 65.2 Å². The molecule has 1 amide bonds. The molecular formula is C23H29FN7O7P. The van der Waals surface area contributed by atoms with Crippen molar-refractivity contribution in [1.82, 2.24) is 29.7 Å². The second-order valence-corrected chi connectivity index (χ2v) is 11.8. The van der Waals surface area contributed by atoms with Crippen molar-refractivity contribution in [2.24, 2.45) is 5.92 Å². The molecule has 210 valence electrons. The molecule has 4 aliphatic carbocycles. The highest BCUT2D eigenvalue weighted by Crippen LogP contribution is 2.57. The summed E-state index contributed by atoms with van der Waals surface area (Å²) in [6.07, 6.45) is 3.47. The zero-order valence-corrected chi connectivity index (χ0v) is 22.0. The highest BCUT2D eigenvalue weighted by molar-refractivity contribution is 7.46. The van der Waals surface area contributed by atoms with Gasteiger partial charge in [-0.1, -0.05) is 0 Å². The van der Waals surface area contributed by atoms with Gasteiger partial charge in [0.05, 0.1) is 18.0 Å². The molecule has 0 spiro atoms. The van der Waals surface area contributed by atoms with E-state index in [9.17, 15) is 23.5 Å². The Balaban J connectivity index is 1.20. The van der Waals surface area contributed by atoms with E-state index in [4.69, 9.17) is 9.47 Å². The Labute approximate surface area is 222 Å². The van der Waals surface area contributed by atoms with Crippen LogP contribution in [0.15, 0.2) is 24.5 Å². The monoisotopic (exact) mass is 565 g/mol. The molecule has 0 radical (unpaired) electrons. The third-order valence-corrected chi connectivity index (χ3v) is 8.09. The fourth-order valence-corrected chi connectivity index (χ4v) is 5.96.